The van der Waals surface area contributed by atoms with Crippen LogP contribution in [0.3, 0.4) is 0 Å². The van der Waals surface area contributed by atoms with Crippen LogP contribution in [-0.2, 0) is 14.9 Å². The highest BCUT2D eigenvalue weighted by atomic mass is 32.2. The van der Waals surface area contributed by atoms with Crippen molar-refractivity contribution in [3.05, 3.63) is 16.3 Å². The smallest absolute Gasteiger partial charge is 0.347 e. The molecule has 1 heterocycles. The first-order chi connectivity index (χ1) is 7.84. The minimum atomic E-state index is -3.93. The Morgan fingerprint density at radius 3 is 2.76 bits per heavy atom. The van der Waals surface area contributed by atoms with Crippen molar-refractivity contribution in [1.29, 1.82) is 0 Å². The van der Waals surface area contributed by atoms with E-state index >= 15 is 0 Å². The second kappa shape index (κ2) is 5.58. The largest absolute Gasteiger partial charge is 0.477 e. The highest BCUT2D eigenvalue weighted by molar-refractivity contribution is 7.89. The van der Waals surface area contributed by atoms with Gasteiger partial charge in [0.05, 0.1) is 6.61 Å². The van der Waals surface area contributed by atoms with Gasteiger partial charge in [-0.2, -0.15) is 0 Å². The van der Waals surface area contributed by atoms with Crippen molar-refractivity contribution in [3.8, 4) is 0 Å². The molecular formula is C9H13NO5S2. The molecule has 0 bridgehead atoms. The van der Waals surface area contributed by atoms with Crippen molar-refractivity contribution in [2.75, 3.05) is 6.61 Å². The number of rotatable bonds is 6. The molecule has 0 atom stereocenters. The summed E-state index contributed by atoms with van der Waals surface area (Å²) in [6.07, 6.45) is 0. The van der Waals surface area contributed by atoms with Gasteiger partial charge in [0.25, 0.3) is 10.0 Å². The van der Waals surface area contributed by atoms with E-state index in [9.17, 15) is 13.2 Å². The lowest BCUT2D eigenvalue weighted by Crippen LogP contribution is -2.26. The highest BCUT2D eigenvalue weighted by Gasteiger charge is 2.23. The van der Waals surface area contributed by atoms with Gasteiger partial charge in [-0.05, 0) is 17.4 Å². The molecule has 0 aromatic carbocycles. The van der Waals surface area contributed by atoms with Crippen LogP contribution in [0.15, 0.2) is 16.3 Å². The predicted octanol–water partition coefficient (Wildman–Crippen LogP) is 1.31. The molecule has 8 heteroatoms. The number of carbonyl (C=O) groups is 1. The summed E-state index contributed by atoms with van der Waals surface area (Å²) in [4.78, 5) is 17.0. The van der Waals surface area contributed by atoms with Gasteiger partial charge in [-0.3, -0.25) is 4.84 Å². The number of thiophene rings is 1. The molecule has 96 valence electrons. The Morgan fingerprint density at radius 1 is 1.59 bits per heavy atom. The van der Waals surface area contributed by atoms with Gasteiger partial charge in [0.1, 0.15) is 9.77 Å². The molecule has 1 aromatic heterocycles. The van der Waals surface area contributed by atoms with Crippen molar-refractivity contribution in [2.24, 2.45) is 5.92 Å². The summed E-state index contributed by atoms with van der Waals surface area (Å²) in [5, 5.41) is 10.2. The van der Waals surface area contributed by atoms with Crippen LogP contribution in [0.1, 0.15) is 23.5 Å². The summed E-state index contributed by atoms with van der Waals surface area (Å²) in [5.41, 5.74) is 0. The third-order valence-corrected chi connectivity index (χ3v) is 3.99. The van der Waals surface area contributed by atoms with E-state index in [2.05, 4.69) is 0 Å². The van der Waals surface area contributed by atoms with Crippen LogP contribution in [0.25, 0.3) is 0 Å². The maximum atomic E-state index is 11.7. The number of sulfonamides is 1. The molecule has 0 spiro atoms. The maximum absolute atomic E-state index is 11.7. The molecule has 17 heavy (non-hydrogen) atoms. The third-order valence-electron chi connectivity index (χ3n) is 1.70. The lowest BCUT2D eigenvalue weighted by atomic mass is 10.2. The summed E-state index contributed by atoms with van der Waals surface area (Å²) in [7, 11) is -3.93. The van der Waals surface area contributed by atoms with Crippen molar-refractivity contribution < 1.29 is 23.2 Å². The zero-order valence-electron chi connectivity index (χ0n) is 9.34. The molecule has 0 radical (unpaired) electrons. The predicted molar refractivity (Wildman–Crippen MR) is 62.4 cm³/mol. The topological polar surface area (TPSA) is 92.7 Å². The fourth-order valence-electron chi connectivity index (χ4n) is 0.988. The lowest BCUT2D eigenvalue weighted by Gasteiger charge is -2.08. The van der Waals surface area contributed by atoms with Gasteiger partial charge in [0.15, 0.2) is 0 Å². The van der Waals surface area contributed by atoms with Crippen LogP contribution in [0.5, 0.6) is 0 Å². The van der Waals surface area contributed by atoms with Gasteiger partial charge in [-0.15, -0.1) is 11.3 Å². The second-order valence-corrected chi connectivity index (χ2v) is 6.24. The molecular weight excluding hydrogens is 266 g/mol. The van der Waals surface area contributed by atoms with Gasteiger partial charge in [-0.25, -0.2) is 13.2 Å². The number of aromatic carboxylic acids is 1. The summed E-state index contributed by atoms with van der Waals surface area (Å²) < 4.78 is 23.4. The second-order valence-electron chi connectivity index (χ2n) is 3.71. The standard InChI is InChI=1S/C9H13NO5S2/c1-6(2)5-15-10-17(13,14)7-3-4-16-8(7)9(11)12/h3-4,6,10H,5H2,1-2H3,(H,11,12). The summed E-state index contributed by atoms with van der Waals surface area (Å²) in [5.74, 6) is -1.11. The molecule has 0 saturated carbocycles. The van der Waals surface area contributed by atoms with Crippen LogP contribution >= 0.6 is 11.3 Å². The van der Waals surface area contributed by atoms with Crippen LogP contribution in [-0.4, -0.2) is 26.1 Å². The monoisotopic (exact) mass is 279 g/mol. The molecule has 1 aromatic rings. The van der Waals surface area contributed by atoms with E-state index in [1.165, 1.54) is 11.4 Å². The molecule has 0 saturated heterocycles. The summed E-state index contributed by atoms with van der Waals surface area (Å²) in [6, 6.07) is 1.23. The third kappa shape index (κ3) is 3.77. The highest BCUT2D eigenvalue weighted by Crippen LogP contribution is 2.21. The first-order valence-electron chi connectivity index (χ1n) is 4.79. The van der Waals surface area contributed by atoms with E-state index in [0.29, 0.717) is 0 Å². The average Bonchev–Trinajstić information content (AvgIpc) is 2.65. The fourth-order valence-corrected chi connectivity index (χ4v) is 3.06. The Labute approximate surface area is 103 Å². The van der Waals surface area contributed by atoms with E-state index in [-0.39, 0.29) is 22.3 Å². The van der Waals surface area contributed by atoms with Crippen molar-refractivity contribution in [2.45, 2.75) is 18.7 Å². The van der Waals surface area contributed by atoms with Gasteiger partial charge in [-0.1, -0.05) is 18.7 Å². The molecule has 0 fully saturated rings. The zero-order valence-corrected chi connectivity index (χ0v) is 11.0. The first kappa shape index (κ1) is 14.1. The van der Waals surface area contributed by atoms with E-state index in [1.807, 2.05) is 18.7 Å². The Morgan fingerprint density at radius 2 is 2.24 bits per heavy atom. The molecule has 0 aliphatic carbocycles. The molecule has 0 unspecified atom stereocenters. The number of hydrogen-bond donors (Lipinski definition) is 2. The van der Waals surface area contributed by atoms with Crippen molar-refractivity contribution in [3.63, 3.8) is 0 Å². The zero-order chi connectivity index (χ0) is 13.1. The number of carboxylic acids is 1. The van der Waals surface area contributed by atoms with Crippen LogP contribution < -0.4 is 4.89 Å². The average molecular weight is 279 g/mol. The molecule has 2 N–H and O–H groups in total. The molecule has 0 aliphatic heterocycles. The minimum absolute atomic E-state index is 0.166. The van der Waals surface area contributed by atoms with Crippen LogP contribution in [0, 0.1) is 5.92 Å². The normalized spacial score (nSPS) is 11.9. The Bertz CT molecular complexity index is 491. The van der Waals surface area contributed by atoms with Gasteiger partial charge >= 0.3 is 5.97 Å². The first-order valence-corrected chi connectivity index (χ1v) is 7.15. The van der Waals surface area contributed by atoms with Gasteiger partial charge in [0.2, 0.25) is 0 Å². The van der Waals surface area contributed by atoms with Crippen molar-refractivity contribution in [1.82, 2.24) is 4.89 Å². The summed E-state index contributed by atoms with van der Waals surface area (Å²) >= 11 is 0.850. The van der Waals surface area contributed by atoms with Crippen molar-refractivity contribution >= 4 is 27.3 Å². The fraction of sp³-hybridized carbons (Fsp3) is 0.444. The molecule has 0 aliphatic rings. The van der Waals surface area contributed by atoms with E-state index in [4.69, 9.17) is 9.94 Å². The van der Waals surface area contributed by atoms with Gasteiger partial charge in [0, 0.05) is 0 Å². The quantitative estimate of drug-likeness (QED) is 0.766. The SMILES string of the molecule is CC(C)CONS(=O)(=O)c1ccsc1C(=O)O. The number of nitrogens with one attached hydrogen (secondary N) is 1. The molecule has 1 rings (SSSR count). The van der Waals surface area contributed by atoms with Crippen LogP contribution in [0.2, 0.25) is 0 Å². The van der Waals surface area contributed by atoms with E-state index < -0.39 is 16.0 Å². The Balaban J connectivity index is 2.83. The molecule has 6 nitrogen and oxygen atoms in total. The van der Waals surface area contributed by atoms with E-state index in [0.717, 1.165) is 11.3 Å². The van der Waals surface area contributed by atoms with Crippen LogP contribution in [0.4, 0.5) is 0 Å². The Kier molecular flexibility index (Phi) is 4.63. The minimum Gasteiger partial charge on any atom is -0.477 e. The van der Waals surface area contributed by atoms with Gasteiger partial charge < -0.3 is 5.11 Å². The van der Waals surface area contributed by atoms with E-state index in [1.54, 1.807) is 0 Å². The number of carboxylic acid groups (broad SMARTS) is 1. The lowest BCUT2D eigenvalue weighted by molar-refractivity contribution is 0.0688. The maximum Gasteiger partial charge on any atom is 0.347 e. The Hall–Kier alpha value is -0.960. The molecule has 0 amide bonds. The number of hydrogen-bond acceptors (Lipinski definition) is 5. The summed E-state index contributed by atoms with van der Waals surface area (Å²) in [6.45, 7) is 3.94.